The molecular formula is C24H20F3NO4S2. The fourth-order valence-electron chi connectivity index (χ4n) is 3.04. The Kier molecular flexibility index (Phi) is 7.32. The standard InChI is InChI=1S/C24H20F3NO4S2/c1-19-16-22(24(25,26)27)18-23(17-19)28(33(29,30)14-12-20-8-4-2-5-9-20)34(31,32)15-13-21-10-6-3-7-11-21/h2-18H,1H3/b14-12+,15-13+. The van der Waals surface area contributed by atoms with Crippen molar-refractivity contribution >= 4 is 37.9 Å². The molecule has 5 nitrogen and oxygen atoms in total. The normalized spacial score (nSPS) is 12.9. The van der Waals surface area contributed by atoms with Crippen LogP contribution >= 0.6 is 0 Å². The number of halogens is 3. The molecule has 3 rings (SSSR count). The Morgan fingerprint density at radius 2 is 1.15 bits per heavy atom. The van der Waals surface area contributed by atoms with Crippen LogP contribution < -0.4 is 3.71 Å². The van der Waals surface area contributed by atoms with Gasteiger partial charge in [-0.05, 0) is 54.0 Å². The third kappa shape index (κ3) is 6.36. The number of hydrogen-bond acceptors (Lipinski definition) is 4. The summed E-state index contributed by atoms with van der Waals surface area (Å²) in [7, 11) is -9.54. The number of anilines is 1. The minimum Gasteiger partial charge on any atom is -0.201 e. The highest BCUT2D eigenvalue weighted by molar-refractivity contribution is 8.12. The van der Waals surface area contributed by atoms with Crippen LogP contribution in [0.1, 0.15) is 22.3 Å². The van der Waals surface area contributed by atoms with Gasteiger partial charge in [-0.25, -0.2) is 16.8 Å². The van der Waals surface area contributed by atoms with Crippen molar-refractivity contribution in [2.75, 3.05) is 3.71 Å². The Bertz CT molecular complexity index is 1340. The van der Waals surface area contributed by atoms with E-state index in [0.29, 0.717) is 28.0 Å². The van der Waals surface area contributed by atoms with Gasteiger partial charge in [0, 0.05) is 0 Å². The molecule has 3 aromatic rings. The van der Waals surface area contributed by atoms with Gasteiger partial charge in [-0.2, -0.15) is 16.9 Å². The summed E-state index contributed by atoms with van der Waals surface area (Å²) < 4.78 is 92.9. The van der Waals surface area contributed by atoms with Crippen molar-refractivity contribution in [3.8, 4) is 0 Å². The summed E-state index contributed by atoms with van der Waals surface area (Å²) in [6, 6.07) is 18.8. The molecule has 0 radical (unpaired) electrons. The maximum absolute atomic E-state index is 13.4. The molecule has 10 heteroatoms. The van der Waals surface area contributed by atoms with Gasteiger partial charge in [-0.3, -0.25) is 0 Å². The Morgan fingerprint density at radius 3 is 1.56 bits per heavy atom. The predicted molar refractivity (Wildman–Crippen MR) is 127 cm³/mol. The van der Waals surface area contributed by atoms with E-state index in [4.69, 9.17) is 0 Å². The third-order valence-electron chi connectivity index (χ3n) is 4.53. The molecule has 34 heavy (non-hydrogen) atoms. The number of alkyl halides is 3. The maximum atomic E-state index is 13.4. The minimum atomic E-state index is -4.81. The van der Waals surface area contributed by atoms with Gasteiger partial charge in [0.1, 0.15) is 0 Å². The third-order valence-corrected chi connectivity index (χ3v) is 8.08. The number of hydrogen-bond donors (Lipinski definition) is 0. The Hall–Kier alpha value is -3.37. The molecule has 0 fully saturated rings. The lowest BCUT2D eigenvalue weighted by Gasteiger charge is -2.22. The molecule has 0 unspecified atom stereocenters. The first-order valence-electron chi connectivity index (χ1n) is 9.84. The van der Waals surface area contributed by atoms with Crippen molar-refractivity contribution in [1.29, 1.82) is 0 Å². The zero-order chi connectivity index (χ0) is 25.0. The predicted octanol–water partition coefficient (Wildman–Crippen LogP) is 5.82. The number of sulfonamides is 2. The smallest absolute Gasteiger partial charge is 0.201 e. The molecule has 3 aromatic carbocycles. The number of benzene rings is 3. The van der Waals surface area contributed by atoms with E-state index in [1.54, 1.807) is 60.7 Å². The van der Waals surface area contributed by atoms with Gasteiger partial charge in [0.2, 0.25) is 0 Å². The van der Waals surface area contributed by atoms with Crippen molar-refractivity contribution in [3.63, 3.8) is 0 Å². The molecule has 178 valence electrons. The minimum absolute atomic E-state index is 0.00111. The lowest BCUT2D eigenvalue weighted by molar-refractivity contribution is -0.137. The van der Waals surface area contributed by atoms with Crippen molar-refractivity contribution in [2.24, 2.45) is 0 Å². The van der Waals surface area contributed by atoms with E-state index in [1.807, 2.05) is 0 Å². The second kappa shape index (κ2) is 9.86. The fraction of sp³-hybridized carbons (Fsp3) is 0.0833. The molecule has 0 aliphatic carbocycles. The first kappa shape index (κ1) is 25.3. The molecule has 0 N–H and O–H groups in total. The van der Waals surface area contributed by atoms with E-state index in [-0.39, 0.29) is 9.27 Å². The Morgan fingerprint density at radius 1 is 0.706 bits per heavy atom. The molecule has 0 aliphatic rings. The molecule has 0 aromatic heterocycles. The highest BCUT2D eigenvalue weighted by Gasteiger charge is 2.35. The van der Waals surface area contributed by atoms with Gasteiger partial charge < -0.3 is 0 Å². The SMILES string of the molecule is Cc1cc(N(S(=O)(=O)/C=C/c2ccccc2)S(=O)(=O)/C=C/c2ccccc2)cc(C(F)(F)F)c1. The van der Waals surface area contributed by atoms with Gasteiger partial charge >= 0.3 is 6.18 Å². The number of aryl methyl sites for hydroxylation is 1. The number of rotatable bonds is 7. The van der Waals surface area contributed by atoms with Crippen LogP contribution in [0.5, 0.6) is 0 Å². The summed E-state index contributed by atoms with van der Waals surface area (Å²) in [5, 5.41) is 1.29. The molecular weight excluding hydrogens is 487 g/mol. The summed E-state index contributed by atoms with van der Waals surface area (Å²) in [5.74, 6) is 0. The van der Waals surface area contributed by atoms with Crippen LogP contribution in [0.3, 0.4) is 0 Å². The molecule has 0 saturated heterocycles. The zero-order valence-corrected chi connectivity index (χ0v) is 19.5. The largest absolute Gasteiger partial charge is 0.416 e. The van der Waals surface area contributed by atoms with Crippen LogP contribution in [0, 0.1) is 6.92 Å². The quantitative estimate of drug-likeness (QED) is 0.404. The second-order valence-electron chi connectivity index (χ2n) is 7.27. The van der Waals surface area contributed by atoms with Crippen LogP contribution in [0.2, 0.25) is 0 Å². The van der Waals surface area contributed by atoms with Crippen molar-refractivity contribution in [2.45, 2.75) is 13.1 Å². The average Bonchev–Trinajstić information content (AvgIpc) is 2.77. The van der Waals surface area contributed by atoms with Crippen LogP contribution in [0.25, 0.3) is 12.2 Å². The summed E-state index contributed by atoms with van der Waals surface area (Å²) in [6.45, 7) is 1.32. The fourth-order valence-corrected chi connectivity index (χ4v) is 6.17. The van der Waals surface area contributed by atoms with Gasteiger partial charge in [-0.1, -0.05) is 60.7 Å². The molecule has 0 amide bonds. The maximum Gasteiger partial charge on any atom is 0.416 e. The summed E-state index contributed by atoms with van der Waals surface area (Å²) in [4.78, 5) is 0. The van der Waals surface area contributed by atoms with Gasteiger partial charge in [0.25, 0.3) is 20.0 Å². The summed E-state index contributed by atoms with van der Waals surface area (Å²) in [6.07, 6.45) is -2.47. The van der Waals surface area contributed by atoms with Crippen LogP contribution in [-0.2, 0) is 26.2 Å². The topological polar surface area (TPSA) is 71.5 Å². The highest BCUT2D eigenvalue weighted by atomic mass is 32.3. The second-order valence-corrected chi connectivity index (χ2v) is 10.8. The van der Waals surface area contributed by atoms with Crippen molar-refractivity contribution in [1.82, 2.24) is 0 Å². The van der Waals surface area contributed by atoms with E-state index < -0.39 is 37.5 Å². The Balaban J connectivity index is 2.17. The molecule has 0 heterocycles. The van der Waals surface area contributed by atoms with Crippen LogP contribution in [-0.4, -0.2) is 16.8 Å². The molecule has 0 spiro atoms. The molecule has 0 atom stereocenters. The molecule has 0 saturated carbocycles. The highest BCUT2D eigenvalue weighted by Crippen LogP contribution is 2.35. The van der Waals surface area contributed by atoms with Gasteiger partial charge in [0.05, 0.1) is 22.1 Å². The monoisotopic (exact) mass is 507 g/mol. The molecule has 0 aliphatic heterocycles. The summed E-state index contributed by atoms with van der Waals surface area (Å²) in [5.41, 5.74) is -0.856. The summed E-state index contributed by atoms with van der Waals surface area (Å²) >= 11 is 0. The first-order chi connectivity index (χ1) is 15.9. The van der Waals surface area contributed by atoms with Crippen molar-refractivity contribution in [3.05, 3.63) is 112 Å². The van der Waals surface area contributed by atoms with E-state index in [2.05, 4.69) is 0 Å². The van der Waals surface area contributed by atoms with Gasteiger partial charge in [0.15, 0.2) is 0 Å². The van der Waals surface area contributed by atoms with Crippen LogP contribution in [0.15, 0.2) is 89.7 Å². The lowest BCUT2D eigenvalue weighted by Crippen LogP contribution is -2.34. The van der Waals surface area contributed by atoms with E-state index in [9.17, 15) is 30.0 Å². The molecule has 0 bridgehead atoms. The van der Waals surface area contributed by atoms with E-state index in [1.165, 1.54) is 19.1 Å². The van der Waals surface area contributed by atoms with Crippen LogP contribution in [0.4, 0.5) is 18.9 Å². The zero-order valence-electron chi connectivity index (χ0n) is 17.8. The van der Waals surface area contributed by atoms with E-state index in [0.717, 1.165) is 12.1 Å². The van der Waals surface area contributed by atoms with E-state index >= 15 is 0 Å². The number of nitrogens with zero attached hydrogens (tertiary/aromatic N) is 1. The van der Waals surface area contributed by atoms with Crippen molar-refractivity contribution < 1.29 is 30.0 Å². The van der Waals surface area contributed by atoms with Gasteiger partial charge in [-0.15, -0.1) is 0 Å². The average molecular weight is 508 g/mol. The lowest BCUT2D eigenvalue weighted by atomic mass is 10.1. The first-order valence-corrected chi connectivity index (χ1v) is 12.8. The Labute approximate surface area is 196 Å².